The van der Waals surface area contributed by atoms with E-state index in [-0.39, 0.29) is 25.4 Å². The van der Waals surface area contributed by atoms with Crippen molar-refractivity contribution in [2.24, 2.45) is 0 Å². The van der Waals surface area contributed by atoms with Crippen molar-refractivity contribution in [2.75, 3.05) is 13.7 Å². The second kappa shape index (κ2) is 8.37. The second-order valence-corrected chi connectivity index (χ2v) is 3.56. The highest BCUT2D eigenvalue weighted by Crippen LogP contribution is 1.95. The minimum Gasteiger partial charge on any atom is -0.481 e. The number of amides is 2. The molecule has 0 rings (SSSR count). The van der Waals surface area contributed by atoms with Crippen LogP contribution in [0.1, 0.15) is 26.2 Å². The molecule has 0 aliphatic rings. The number of hydrogen-bond acceptors (Lipinski definition) is 4. The molecule has 0 saturated heterocycles. The predicted molar refractivity (Wildman–Crippen MR) is 59.5 cm³/mol. The van der Waals surface area contributed by atoms with Crippen LogP contribution in [0.3, 0.4) is 0 Å². The first-order valence-electron chi connectivity index (χ1n) is 5.28. The zero-order valence-electron chi connectivity index (χ0n) is 9.99. The molecule has 0 bridgehead atoms. The van der Waals surface area contributed by atoms with Crippen LogP contribution in [0.25, 0.3) is 0 Å². The summed E-state index contributed by atoms with van der Waals surface area (Å²) in [5.41, 5.74) is 0. The van der Waals surface area contributed by atoms with E-state index in [1.54, 1.807) is 6.92 Å². The number of carboxylic acid groups (broad SMARTS) is 1. The van der Waals surface area contributed by atoms with E-state index in [2.05, 4.69) is 15.4 Å². The maximum absolute atomic E-state index is 11.2. The highest BCUT2D eigenvalue weighted by Gasteiger charge is 2.09. The average molecular weight is 246 g/mol. The molecule has 0 heterocycles. The third-order valence-electron chi connectivity index (χ3n) is 2.01. The van der Waals surface area contributed by atoms with E-state index in [9.17, 15) is 14.4 Å². The molecule has 0 spiro atoms. The quantitative estimate of drug-likeness (QED) is 0.553. The number of hydrogen-bond donors (Lipinski definition) is 3. The standard InChI is InChI=1S/C10H18N2O5/c1-7(3-4-8(13)14)12-10(16)11-6-5-9(15)17-2/h7H,3-6H2,1-2H3,(H,13,14)(H2,11,12,16). The van der Waals surface area contributed by atoms with Gasteiger partial charge in [0.25, 0.3) is 0 Å². The van der Waals surface area contributed by atoms with Crippen LogP contribution in [0.5, 0.6) is 0 Å². The molecule has 1 atom stereocenters. The Morgan fingerprint density at radius 2 is 1.94 bits per heavy atom. The first-order chi connectivity index (χ1) is 7.95. The molecule has 0 saturated carbocycles. The number of aliphatic carboxylic acids is 1. The van der Waals surface area contributed by atoms with Crippen LogP contribution < -0.4 is 10.6 Å². The smallest absolute Gasteiger partial charge is 0.315 e. The number of carbonyl (C=O) groups excluding carboxylic acids is 2. The third kappa shape index (κ3) is 9.16. The lowest BCUT2D eigenvalue weighted by Crippen LogP contribution is -2.41. The average Bonchev–Trinajstić information content (AvgIpc) is 2.26. The number of nitrogens with one attached hydrogen (secondary N) is 2. The number of esters is 1. The molecule has 0 aromatic carbocycles. The summed E-state index contributed by atoms with van der Waals surface area (Å²) >= 11 is 0. The molecule has 17 heavy (non-hydrogen) atoms. The Kier molecular flexibility index (Phi) is 7.49. The molecule has 3 N–H and O–H groups in total. The molecule has 0 aliphatic carbocycles. The van der Waals surface area contributed by atoms with Crippen molar-refractivity contribution in [3.05, 3.63) is 0 Å². The second-order valence-electron chi connectivity index (χ2n) is 3.56. The minimum atomic E-state index is -0.898. The zero-order chi connectivity index (χ0) is 13.3. The van der Waals surface area contributed by atoms with Gasteiger partial charge in [0.15, 0.2) is 0 Å². The highest BCUT2D eigenvalue weighted by molar-refractivity contribution is 5.75. The van der Waals surface area contributed by atoms with Crippen molar-refractivity contribution in [3.63, 3.8) is 0 Å². The van der Waals surface area contributed by atoms with Gasteiger partial charge in [-0.3, -0.25) is 9.59 Å². The molecule has 0 aliphatic heterocycles. The molecular formula is C10H18N2O5. The summed E-state index contributed by atoms with van der Waals surface area (Å²) < 4.78 is 4.40. The fraction of sp³-hybridized carbons (Fsp3) is 0.700. The van der Waals surface area contributed by atoms with Crippen LogP contribution in [-0.4, -0.2) is 42.8 Å². The molecule has 7 heteroatoms. The van der Waals surface area contributed by atoms with Crippen molar-refractivity contribution in [2.45, 2.75) is 32.2 Å². The summed E-state index contributed by atoms with van der Waals surface area (Å²) in [6, 6.07) is -0.656. The van der Waals surface area contributed by atoms with E-state index >= 15 is 0 Å². The number of ether oxygens (including phenoxy) is 1. The van der Waals surface area contributed by atoms with Crippen LogP contribution in [0.15, 0.2) is 0 Å². The SMILES string of the molecule is COC(=O)CCNC(=O)NC(C)CCC(=O)O. The van der Waals surface area contributed by atoms with Crippen LogP contribution in [-0.2, 0) is 14.3 Å². The number of rotatable bonds is 7. The normalized spacial score (nSPS) is 11.4. The highest BCUT2D eigenvalue weighted by atomic mass is 16.5. The molecule has 0 radical (unpaired) electrons. The maximum atomic E-state index is 11.2. The molecule has 0 fully saturated rings. The van der Waals surface area contributed by atoms with Gasteiger partial charge in [-0.1, -0.05) is 0 Å². The lowest BCUT2D eigenvalue weighted by molar-refractivity contribution is -0.140. The van der Waals surface area contributed by atoms with Gasteiger partial charge in [-0.15, -0.1) is 0 Å². The van der Waals surface area contributed by atoms with Gasteiger partial charge in [0, 0.05) is 19.0 Å². The van der Waals surface area contributed by atoms with Gasteiger partial charge in [0.1, 0.15) is 0 Å². The maximum Gasteiger partial charge on any atom is 0.315 e. The van der Waals surface area contributed by atoms with E-state index in [0.29, 0.717) is 6.42 Å². The summed E-state index contributed by atoms with van der Waals surface area (Å²) in [4.78, 5) is 32.3. The van der Waals surface area contributed by atoms with E-state index in [1.807, 2.05) is 0 Å². The van der Waals surface area contributed by atoms with Crippen molar-refractivity contribution >= 4 is 18.0 Å². The van der Waals surface area contributed by atoms with Gasteiger partial charge < -0.3 is 20.5 Å². The van der Waals surface area contributed by atoms with E-state index in [0.717, 1.165) is 0 Å². The number of carbonyl (C=O) groups is 3. The van der Waals surface area contributed by atoms with Crippen molar-refractivity contribution < 1.29 is 24.2 Å². The molecule has 1 unspecified atom stereocenters. The van der Waals surface area contributed by atoms with Crippen LogP contribution >= 0.6 is 0 Å². The Morgan fingerprint density at radius 1 is 1.29 bits per heavy atom. The number of methoxy groups -OCH3 is 1. The van der Waals surface area contributed by atoms with E-state index < -0.39 is 18.0 Å². The molecular weight excluding hydrogens is 228 g/mol. The number of carboxylic acids is 1. The van der Waals surface area contributed by atoms with Gasteiger partial charge >= 0.3 is 18.0 Å². The van der Waals surface area contributed by atoms with Gasteiger partial charge in [0.05, 0.1) is 13.5 Å². The molecule has 0 aromatic rings. The van der Waals surface area contributed by atoms with Crippen molar-refractivity contribution in [3.8, 4) is 0 Å². The summed E-state index contributed by atoms with van der Waals surface area (Å²) in [7, 11) is 1.27. The summed E-state index contributed by atoms with van der Waals surface area (Å²) in [6.07, 6.45) is 0.469. The van der Waals surface area contributed by atoms with Crippen molar-refractivity contribution in [1.29, 1.82) is 0 Å². The third-order valence-corrected chi connectivity index (χ3v) is 2.01. The number of urea groups is 1. The van der Waals surface area contributed by atoms with Crippen LogP contribution in [0.4, 0.5) is 4.79 Å². The predicted octanol–water partition coefficient (Wildman–Crippen LogP) is 0.102. The zero-order valence-corrected chi connectivity index (χ0v) is 9.99. The first kappa shape index (κ1) is 15.2. The first-order valence-corrected chi connectivity index (χ1v) is 5.28. The Bertz CT molecular complexity index is 280. The van der Waals surface area contributed by atoms with E-state index in [4.69, 9.17) is 5.11 Å². The lowest BCUT2D eigenvalue weighted by Gasteiger charge is -2.13. The Labute approximate surface area is 99.5 Å². The van der Waals surface area contributed by atoms with Gasteiger partial charge in [-0.25, -0.2) is 4.79 Å². The summed E-state index contributed by atoms with van der Waals surface area (Å²) in [5.74, 6) is -1.30. The van der Waals surface area contributed by atoms with Gasteiger partial charge in [0.2, 0.25) is 0 Å². The molecule has 7 nitrogen and oxygen atoms in total. The van der Waals surface area contributed by atoms with Crippen molar-refractivity contribution in [1.82, 2.24) is 10.6 Å². The largest absolute Gasteiger partial charge is 0.481 e. The lowest BCUT2D eigenvalue weighted by atomic mass is 10.2. The van der Waals surface area contributed by atoms with E-state index in [1.165, 1.54) is 7.11 Å². The Hall–Kier alpha value is -1.79. The fourth-order valence-electron chi connectivity index (χ4n) is 1.07. The minimum absolute atomic E-state index is 0.00358. The van der Waals surface area contributed by atoms with Crippen LogP contribution in [0, 0.1) is 0 Å². The Morgan fingerprint density at radius 3 is 2.47 bits per heavy atom. The summed E-state index contributed by atoms with van der Waals surface area (Å²) in [5, 5.41) is 13.5. The molecule has 0 aromatic heterocycles. The van der Waals surface area contributed by atoms with Crippen LogP contribution in [0.2, 0.25) is 0 Å². The monoisotopic (exact) mass is 246 g/mol. The summed E-state index contributed by atoms with van der Waals surface area (Å²) in [6.45, 7) is 1.90. The Balaban J connectivity index is 3.63. The van der Waals surface area contributed by atoms with Gasteiger partial charge in [-0.2, -0.15) is 0 Å². The molecule has 98 valence electrons. The molecule has 2 amide bonds. The topological polar surface area (TPSA) is 105 Å². The fourth-order valence-corrected chi connectivity index (χ4v) is 1.07. The van der Waals surface area contributed by atoms with Gasteiger partial charge in [-0.05, 0) is 13.3 Å².